The zero-order valence-corrected chi connectivity index (χ0v) is 9.43. The summed E-state index contributed by atoms with van der Waals surface area (Å²) in [6.07, 6.45) is 3.67. The van der Waals surface area contributed by atoms with Crippen LogP contribution in [-0.4, -0.2) is 5.54 Å². The summed E-state index contributed by atoms with van der Waals surface area (Å²) in [5, 5.41) is 0. The Morgan fingerprint density at radius 3 is 2.47 bits per heavy atom. The minimum Gasteiger partial charge on any atom is -0.271 e. The van der Waals surface area contributed by atoms with Gasteiger partial charge in [-0.25, -0.2) is 0 Å². The predicted molar refractivity (Wildman–Crippen MR) is 61.5 cm³/mol. The molecule has 0 atom stereocenters. The highest BCUT2D eigenvalue weighted by Crippen LogP contribution is 2.67. The molecular weight excluding hydrogens is 184 g/mol. The maximum absolute atomic E-state index is 5.56. The highest BCUT2D eigenvalue weighted by atomic mass is 15.3. The molecule has 3 fully saturated rings. The van der Waals surface area contributed by atoms with Gasteiger partial charge in [0.05, 0.1) is 0 Å². The first-order valence-electron chi connectivity index (χ1n) is 5.65. The van der Waals surface area contributed by atoms with E-state index >= 15 is 0 Å². The van der Waals surface area contributed by atoms with Gasteiger partial charge in [-0.2, -0.15) is 0 Å². The normalized spacial score (nSPS) is 37.0. The summed E-state index contributed by atoms with van der Waals surface area (Å²) in [6.45, 7) is 4.39. The smallest absolute Gasteiger partial charge is 0.0346 e. The molecule has 0 aromatic heterocycles. The largest absolute Gasteiger partial charge is 0.271 e. The molecule has 0 radical (unpaired) electrons. The molecule has 4 rings (SSSR count). The summed E-state index contributed by atoms with van der Waals surface area (Å²) in [7, 11) is 0. The van der Waals surface area contributed by atoms with Gasteiger partial charge in [0.25, 0.3) is 0 Å². The number of hydrogen-bond donors (Lipinski definition) is 2. The SMILES string of the molecule is Cc1ccc(C)c(C23CC(NN)(C2)C3)c1. The van der Waals surface area contributed by atoms with E-state index in [1.807, 2.05) is 0 Å². The van der Waals surface area contributed by atoms with E-state index in [0.29, 0.717) is 5.41 Å². The van der Waals surface area contributed by atoms with Gasteiger partial charge in [0.1, 0.15) is 0 Å². The highest BCUT2D eigenvalue weighted by Gasteiger charge is 2.68. The molecule has 3 N–H and O–H groups in total. The number of aryl methyl sites for hydroxylation is 2. The third kappa shape index (κ3) is 1.06. The Morgan fingerprint density at radius 1 is 1.20 bits per heavy atom. The molecule has 3 aliphatic carbocycles. The molecule has 0 saturated heterocycles. The lowest BCUT2D eigenvalue weighted by Gasteiger charge is -2.71. The summed E-state index contributed by atoms with van der Waals surface area (Å²) in [5.41, 5.74) is 8.08. The first-order valence-corrected chi connectivity index (χ1v) is 5.65. The van der Waals surface area contributed by atoms with E-state index in [1.54, 1.807) is 5.56 Å². The molecule has 2 bridgehead atoms. The van der Waals surface area contributed by atoms with Crippen molar-refractivity contribution in [2.24, 2.45) is 5.84 Å². The highest BCUT2D eigenvalue weighted by molar-refractivity contribution is 5.46. The monoisotopic (exact) mass is 202 g/mol. The van der Waals surface area contributed by atoms with E-state index in [1.165, 1.54) is 30.4 Å². The van der Waals surface area contributed by atoms with Gasteiger partial charge in [-0.05, 0) is 44.2 Å². The fourth-order valence-electron chi connectivity index (χ4n) is 3.53. The van der Waals surface area contributed by atoms with Crippen LogP contribution in [0.2, 0.25) is 0 Å². The molecule has 0 aliphatic heterocycles. The van der Waals surface area contributed by atoms with Crippen molar-refractivity contribution >= 4 is 0 Å². The molecule has 80 valence electrons. The van der Waals surface area contributed by atoms with Crippen molar-refractivity contribution in [1.29, 1.82) is 0 Å². The van der Waals surface area contributed by atoms with Crippen LogP contribution in [0.3, 0.4) is 0 Å². The average Bonchev–Trinajstić information content (AvgIpc) is 2.07. The van der Waals surface area contributed by atoms with Crippen LogP contribution in [0.1, 0.15) is 36.0 Å². The molecule has 0 spiro atoms. The lowest BCUT2D eigenvalue weighted by atomic mass is 9.37. The van der Waals surface area contributed by atoms with E-state index in [0.717, 1.165) is 0 Å². The van der Waals surface area contributed by atoms with Gasteiger partial charge in [0.2, 0.25) is 0 Å². The van der Waals surface area contributed by atoms with Gasteiger partial charge in [0, 0.05) is 11.0 Å². The first-order chi connectivity index (χ1) is 7.09. The average molecular weight is 202 g/mol. The second kappa shape index (κ2) is 2.63. The summed E-state index contributed by atoms with van der Waals surface area (Å²) in [5.74, 6) is 5.56. The maximum atomic E-state index is 5.56. The quantitative estimate of drug-likeness (QED) is 0.568. The van der Waals surface area contributed by atoms with Crippen LogP contribution >= 0.6 is 0 Å². The lowest BCUT2D eigenvalue weighted by Crippen LogP contribution is -2.77. The van der Waals surface area contributed by atoms with Crippen molar-refractivity contribution in [3.63, 3.8) is 0 Å². The van der Waals surface area contributed by atoms with Crippen molar-refractivity contribution < 1.29 is 0 Å². The number of nitrogens with one attached hydrogen (secondary N) is 1. The second-order valence-corrected chi connectivity index (χ2v) is 5.55. The molecule has 0 unspecified atom stereocenters. The summed E-state index contributed by atoms with van der Waals surface area (Å²) in [6, 6.07) is 6.80. The van der Waals surface area contributed by atoms with Crippen molar-refractivity contribution in [2.45, 2.75) is 44.1 Å². The second-order valence-electron chi connectivity index (χ2n) is 5.55. The van der Waals surface area contributed by atoms with Gasteiger partial charge in [-0.15, -0.1) is 0 Å². The van der Waals surface area contributed by atoms with Gasteiger partial charge in [-0.3, -0.25) is 11.3 Å². The number of benzene rings is 1. The van der Waals surface area contributed by atoms with Crippen molar-refractivity contribution in [3.8, 4) is 0 Å². The van der Waals surface area contributed by atoms with Crippen LogP contribution in [0.4, 0.5) is 0 Å². The number of hydrogen-bond acceptors (Lipinski definition) is 2. The number of rotatable bonds is 2. The molecule has 15 heavy (non-hydrogen) atoms. The molecule has 2 heteroatoms. The molecule has 3 saturated carbocycles. The fourth-order valence-corrected chi connectivity index (χ4v) is 3.53. The predicted octanol–water partition coefficient (Wildman–Crippen LogP) is 1.94. The Balaban J connectivity index is 1.93. The molecule has 0 amide bonds. The first kappa shape index (κ1) is 9.37. The fraction of sp³-hybridized carbons (Fsp3) is 0.538. The summed E-state index contributed by atoms with van der Waals surface area (Å²) in [4.78, 5) is 0. The van der Waals surface area contributed by atoms with Crippen LogP contribution < -0.4 is 11.3 Å². The standard InChI is InChI=1S/C13H18N2/c1-9-3-4-10(2)11(5-9)12-6-13(7-12,8-12)15-14/h3-5,15H,6-8,14H2,1-2H3. The van der Waals surface area contributed by atoms with Crippen LogP contribution in [-0.2, 0) is 5.41 Å². The van der Waals surface area contributed by atoms with Gasteiger partial charge >= 0.3 is 0 Å². The van der Waals surface area contributed by atoms with Crippen molar-refractivity contribution in [3.05, 3.63) is 34.9 Å². The Labute approximate surface area is 90.8 Å². The van der Waals surface area contributed by atoms with E-state index in [2.05, 4.69) is 37.5 Å². The molecule has 1 aromatic rings. The van der Waals surface area contributed by atoms with Gasteiger partial charge in [-0.1, -0.05) is 23.8 Å². The van der Waals surface area contributed by atoms with Crippen LogP contribution in [0, 0.1) is 13.8 Å². The minimum absolute atomic E-state index is 0.288. The Morgan fingerprint density at radius 2 is 1.87 bits per heavy atom. The van der Waals surface area contributed by atoms with E-state index in [9.17, 15) is 0 Å². The van der Waals surface area contributed by atoms with Gasteiger partial charge < -0.3 is 0 Å². The minimum atomic E-state index is 0.288. The van der Waals surface area contributed by atoms with E-state index in [4.69, 9.17) is 5.84 Å². The molecular formula is C13H18N2. The Hall–Kier alpha value is -0.860. The summed E-state index contributed by atoms with van der Waals surface area (Å²) >= 11 is 0. The molecule has 1 aromatic carbocycles. The zero-order valence-electron chi connectivity index (χ0n) is 9.43. The Bertz CT molecular complexity index is 403. The van der Waals surface area contributed by atoms with Crippen LogP contribution in [0.25, 0.3) is 0 Å². The maximum Gasteiger partial charge on any atom is 0.0346 e. The number of hydrazine groups is 1. The molecule has 3 aliphatic rings. The van der Waals surface area contributed by atoms with E-state index < -0.39 is 0 Å². The van der Waals surface area contributed by atoms with Crippen molar-refractivity contribution in [1.82, 2.24) is 5.43 Å². The topological polar surface area (TPSA) is 38.0 Å². The number of nitrogens with two attached hydrogens (primary N) is 1. The van der Waals surface area contributed by atoms with Gasteiger partial charge in [0.15, 0.2) is 0 Å². The molecule has 2 nitrogen and oxygen atoms in total. The van der Waals surface area contributed by atoms with E-state index in [-0.39, 0.29) is 5.54 Å². The summed E-state index contributed by atoms with van der Waals surface area (Å²) < 4.78 is 0. The van der Waals surface area contributed by atoms with Crippen molar-refractivity contribution in [2.75, 3.05) is 0 Å². The third-order valence-electron chi connectivity index (χ3n) is 4.30. The van der Waals surface area contributed by atoms with Crippen LogP contribution in [0.15, 0.2) is 18.2 Å². The molecule has 0 heterocycles. The van der Waals surface area contributed by atoms with Crippen LogP contribution in [0.5, 0.6) is 0 Å². The Kier molecular flexibility index (Phi) is 1.64. The third-order valence-corrected chi connectivity index (χ3v) is 4.30. The lowest BCUT2D eigenvalue weighted by molar-refractivity contribution is -0.0886. The zero-order chi connectivity index (χ0) is 10.7.